The summed E-state index contributed by atoms with van der Waals surface area (Å²) in [6.45, 7) is 3.83. The normalized spacial score (nSPS) is 12.2. The first-order valence-corrected chi connectivity index (χ1v) is 5.58. The van der Waals surface area contributed by atoms with Crippen LogP contribution in [0.5, 0.6) is 0 Å². The van der Waals surface area contributed by atoms with E-state index < -0.39 is 12.0 Å². The van der Waals surface area contributed by atoms with Crippen LogP contribution in [-0.2, 0) is 9.59 Å². The molecule has 0 aliphatic carbocycles. The van der Waals surface area contributed by atoms with E-state index in [9.17, 15) is 9.59 Å². The van der Waals surface area contributed by atoms with Gasteiger partial charge in [-0.15, -0.1) is 0 Å². The number of rotatable bonds is 5. The van der Waals surface area contributed by atoms with Gasteiger partial charge in [-0.05, 0) is 11.5 Å². The van der Waals surface area contributed by atoms with Crippen molar-refractivity contribution in [2.24, 2.45) is 5.92 Å². The highest BCUT2D eigenvalue weighted by Gasteiger charge is 2.21. The maximum Gasteiger partial charge on any atom is 0.330 e. The molecule has 0 bridgehead atoms. The molecule has 17 heavy (non-hydrogen) atoms. The van der Waals surface area contributed by atoms with Crippen LogP contribution in [-0.4, -0.2) is 17.0 Å². The molecule has 1 amide bonds. The molecule has 0 unspecified atom stereocenters. The van der Waals surface area contributed by atoms with Gasteiger partial charge >= 0.3 is 5.97 Å². The highest BCUT2D eigenvalue weighted by atomic mass is 16.4. The third kappa shape index (κ3) is 4.26. The lowest BCUT2D eigenvalue weighted by Gasteiger charge is -2.15. The third-order valence-corrected chi connectivity index (χ3v) is 2.28. The van der Waals surface area contributed by atoms with Gasteiger partial charge in [-0.25, -0.2) is 4.79 Å². The zero-order valence-corrected chi connectivity index (χ0v) is 10.0. The Kier molecular flexibility index (Phi) is 4.69. The minimum absolute atomic E-state index is 0.209. The van der Waals surface area contributed by atoms with Gasteiger partial charge in [0.05, 0.1) is 0 Å². The number of carboxylic acid groups (broad SMARTS) is 1. The van der Waals surface area contributed by atoms with Gasteiger partial charge in [-0.2, -0.15) is 0 Å². The summed E-state index contributed by atoms with van der Waals surface area (Å²) in [5.74, 6) is -1.08. The van der Waals surface area contributed by atoms with Gasteiger partial charge < -0.3 is 10.4 Å². The Morgan fingerprint density at radius 3 is 2.29 bits per heavy atom. The highest BCUT2D eigenvalue weighted by molar-refractivity contribution is 5.84. The molecule has 92 valence electrons. The van der Waals surface area contributed by atoms with E-state index in [1.807, 2.05) is 13.8 Å². The first kappa shape index (κ1) is 13.2. The van der Waals surface area contributed by atoms with Crippen LogP contribution in [0.1, 0.15) is 31.9 Å². The van der Waals surface area contributed by atoms with Gasteiger partial charge in [0, 0.05) is 6.42 Å². The summed E-state index contributed by atoms with van der Waals surface area (Å²) in [5, 5.41) is 11.6. The van der Waals surface area contributed by atoms with Crippen LogP contribution >= 0.6 is 0 Å². The predicted molar refractivity (Wildman–Crippen MR) is 64.4 cm³/mol. The molecule has 0 aliphatic rings. The maximum atomic E-state index is 11.6. The van der Waals surface area contributed by atoms with Crippen molar-refractivity contribution in [1.82, 2.24) is 5.32 Å². The summed E-state index contributed by atoms with van der Waals surface area (Å²) in [4.78, 5) is 22.7. The molecular weight excluding hydrogens is 218 g/mol. The quantitative estimate of drug-likeness (QED) is 0.820. The Bertz CT molecular complexity index is 387. The third-order valence-electron chi connectivity index (χ3n) is 2.28. The second-order valence-electron chi connectivity index (χ2n) is 4.35. The number of nitrogens with one attached hydrogen (secondary N) is 1. The number of carbonyl (C=O) groups is 2. The molecule has 1 atom stereocenters. The Balaban J connectivity index is 2.75. The van der Waals surface area contributed by atoms with Crippen molar-refractivity contribution in [3.8, 4) is 0 Å². The molecule has 1 rings (SSSR count). The molecule has 0 aliphatic heterocycles. The summed E-state index contributed by atoms with van der Waals surface area (Å²) in [5.41, 5.74) is 0.581. The molecule has 4 heteroatoms. The number of carbonyl (C=O) groups excluding carboxylic acids is 1. The van der Waals surface area contributed by atoms with Crippen molar-refractivity contribution in [3.63, 3.8) is 0 Å². The molecule has 0 aromatic heterocycles. The Morgan fingerprint density at radius 1 is 1.24 bits per heavy atom. The average Bonchev–Trinajstić information content (AvgIpc) is 2.25. The number of benzene rings is 1. The smallest absolute Gasteiger partial charge is 0.330 e. The number of hydrogen-bond donors (Lipinski definition) is 2. The van der Waals surface area contributed by atoms with E-state index in [0.29, 0.717) is 12.0 Å². The van der Waals surface area contributed by atoms with Crippen LogP contribution in [0.15, 0.2) is 30.3 Å². The topological polar surface area (TPSA) is 66.4 Å². The predicted octanol–water partition coefficient (Wildman–Crippen LogP) is 1.97. The van der Waals surface area contributed by atoms with Crippen molar-refractivity contribution in [2.75, 3.05) is 0 Å². The van der Waals surface area contributed by atoms with E-state index in [-0.39, 0.29) is 11.8 Å². The summed E-state index contributed by atoms with van der Waals surface area (Å²) in [7, 11) is 0. The fraction of sp³-hybridized carbons (Fsp3) is 0.385. The van der Waals surface area contributed by atoms with E-state index in [1.165, 1.54) is 0 Å². The minimum atomic E-state index is -1.05. The van der Waals surface area contributed by atoms with E-state index in [2.05, 4.69) is 5.32 Å². The zero-order valence-electron chi connectivity index (χ0n) is 10.0. The standard InChI is InChI=1S/C13H17NO3/c1-9(2)8-11(15)14-12(13(16)17)10-6-4-3-5-7-10/h3-7,9,12H,8H2,1-2H3,(H,14,15)(H,16,17)/t12-/m0/s1. The molecule has 2 N–H and O–H groups in total. The van der Waals surface area contributed by atoms with Gasteiger partial charge in [-0.1, -0.05) is 44.2 Å². The molecular formula is C13H17NO3. The van der Waals surface area contributed by atoms with Crippen molar-refractivity contribution < 1.29 is 14.7 Å². The number of hydrogen-bond acceptors (Lipinski definition) is 2. The lowest BCUT2D eigenvalue weighted by molar-refractivity contribution is -0.142. The summed E-state index contributed by atoms with van der Waals surface area (Å²) < 4.78 is 0. The zero-order chi connectivity index (χ0) is 12.8. The second-order valence-corrected chi connectivity index (χ2v) is 4.35. The van der Waals surface area contributed by atoms with Gasteiger partial charge in [-0.3, -0.25) is 4.79 Å². The molecule has 0 fully saturated rings. The van der Waals surface area contributed by atoms with Gasteiger partial charge in [0.2, 0.25) is 5.91 Å². The minimum Gasteiger partial charge on any atom is -0.479 e. The summed E-state index contributed by atoms with van der Waals surface area (Å²) in [6.07, 6.45) is 0.330. The first-order valence-electron chi connectivity index (χ1n) is 5.58. The van der Waals surface area contributed by atoms with E-state index >= 15 is 0 Å². The van der Waals surface area contributed by atoms with Crippen molar-refractivity contribution >= 4 is 11.9 Å². The van der Waals surface area contributed by atoms with Crippen LogP contribution in [0.4, 0.5) is 0 Å². The Hall–Kier alpha value is -1.84. The van der Waals surface area contributed by atoms with Crippen LogP contribution < -0.4 is 5.32 Å². The highest BCUT2D eigenvalue weighted by Crippen LogP contribution is 2.13. The van der Waals surface area contributed by atoms with E-state index in [1.54, 1.807) is 30.3 Å². The van der Waals surface area contributed by atoms with Crippen LogP contribution in [0.25, 0.3) is 0 Å². The monoisotopic (exact) mass is 235 g/mol. The number of carboxylic acids is 1. The van der Waals surface area contributed by atoms with Gasteiger partial charge in [0.1, 0.15) is 0 Å². The fourth-order valence-corrected chi connectivity index (χ4v) is 1.52. The molecule has 0 radical (unpaired) electrons. The van der Waals surface area contributed by atoms with Crippen LogP contribution in [0.2, 0.25) is 0 Å². The number of aliphatic carboxylic acids is 1. The lowest BCUT2D eigenvalue weighted by Crippen LogP contribution is -2.34. The molecule has 0 heterocycles. The maximum absolute atomic E-state index is 11.6. The Morgan fingerprint density at radius 2 is 1.82 bits per heavy atom. The SMILES string of the molecule is CC(C)CC(=O)N[C@H](C(=O)O)c1ccccc1. The average molecular weight is 235 g/mol. The molecule has 1 aromatic carbocycles. The number of amides is 1. The fourth-order valence-electron chi connectivity index (χ4n) is 1.52. The molecule has 1 aromatic rings. The largest absolute Gasteiger partial charge is 0.479 e. The summed E-state index contributed by atoms with van der Waals surface area (Å²) >= 11 is 0. The van der Waals surface area contributed by atoms with Crippen molar-refractivity contribution in [3.05, 3.63) is 35.9 Å². The molecule has 0 saturated carbocycles. The molecule has 0 saturated heterocycles. The second kappa shape index (κ2) is 6.03. The first-order chi connectivity index (χ1) is 8.00. The molecule has 0 spiro atoms. The van der Waals surface area contributed by atoms with Gasteiger partial charge in [0.25, 0.3) is 0 Å². The van der Waals surface area contributed by atoms with E-state index in [4.69, 9.17) is 5.11 Å². The van der Waals surface area contributed by atoms with Gasteiger partial charge in [0.15, 0.2) is 6.04 Å². The molecule has 4 nitrogen and oxygen atoms in total. The lowest BCUT2D eigenvalue weighted by atomic mass is 10.1. The summed E-state index contributed by atoms with van der Waals surface area (Å²) in [6, 6.07) is 7.71. The van der Waals surface area contributed by atoms with E-state index in [0.717, 1.165) is 0 Å². The van der Waals surface area contributed by atoms with Crippen molar-refractivity contribution in [1.29, 1.82) is 0 Å². The van der Waals surface area contributed by atoms with Crippen LogP contribution in [0.3, 0.4) is 0 Å². The Labute approximate surface area is 101 Å². The van der Waals surface area contributed by atoms with Crippen LogP contribution in [0, 0.1) is 5.92 Å². The van der Waals surface area contributed by atoms with Crippen molar-refractivity contribution in [2.45, 2.75) is 26.3 Å².